The highest BCUT2D eigenvalue weighted by atomic mass is 79.9. The number of methoxy groups -OCH3 is 1. The van der Waals surface area contributed by atoms with Gasteiger partial charge in [-0.2, -0.15) is 0 Å². The zero-order valence-corrected chi connectivity index (χ0v) is 12.7. The summed E-state index contributed by atoms with van der Waals surface area (Å²) in [5.41, 5.74) is 1.30. The molecule has 1 N–H and O–H groups in total. The monoisotopic (exact) mass is 315 g/mol. The Kier molecular flexibility index (Phi) is 8.25. The second-order valence-electron chi connectivity index (χ2n) is 4.19. The molecule has 0 fully saturated rings. The lowest BCUT2D eigenvalue weighted by molar-refractivity contribution is 0.0693. The number of rotatable bonds is 9. The third-order valence-corrected chi connectivity index (χ3v) is 3.19. The van der Waals surface area contributed by atoms with Crippen LogP contribution in [0.5, 0.6) is 0 Å². The predicted molar refractivity (Wildman–Crippen MR) is 77.9 cm³/mol. The molecule has 0 aliphatic rings. The Labute approximate surface area is 118 Å². The van der Waals surface area contributed by atoms with Crippen LogP contribution in [0.15, 0.2) is 28.7 Å². The summed E-state index contributed by atoms with van der Waals surface area (Å²) >= 11 is 3.49. The average Bonchev–Trinajstić information content (AvgIpc) is 2.37. The molecule has 0 unspecified atom stereocenters. The Hall–Kier alpha value is -0.420. The Morgan fingerprint density at radius 2 is 2.11 bits per heavy atom. The van der Waals surface area contributed by atoms with E-state index in [1.54, 1.807) is 7.11 Å². The Morgan fingerprint density at radius 3 is 2.83 bits per heavy atom. The number of hydrogen-bond acceptors (Lipinski definition) is 3. The van der Waals surface area contributed by atoms with E-state index in [1.807, 2.05) is 6.07 Å². The highest BCUT2D eigenvalue weighted by Gasteiger charge is 2.04. The van der Waals surface area contributed by atoms with Crippen LogP contribution in [-0.4, -0.2) is 33.5 Å². The van der Waals surface area contributed by atoms with Crippen molar-refractivity contribution in [1.82, 2.24) is 5.32 Å². The molecule has 1 rings (SSSR count). The van der Waals surface area contributed by atoms with Crippen molar-refractivity contribution < 1.29 is 9.47 Å². The van der Waals surface area contributed by atoms with Gasteiger partial charge in [0.15, 0.2) is 0 Å². The van der Waals surface area contributed by atoms with Crippen LogP contribution < -0.4 is 5.32 Å². The molecule has 1 atom stereocenters. The van der Waals surface area contributed by atoms with Crippen LogP contribution in [0.4, 0.5) is 0 Å². The fourth-order valence-corrected chi connectivity index (χ4v) is 2.05. The summed E-state index contributed by atoms with van der Waals surface area (Å²) in [6, 6.07) is 8.75. The van der Waals surface area contributed by atoms with Crippen LogP contribution in [0.25, 0.3) is 0 Å². The maximum Gasteiger partial charge on any atom is 0.0700 e. The molecular weight excluding hydrogens is 294 g/mol. The SMILES string of the molecule is COCCOCCCN[C@H](C)c1cccc(Br)c1. The van der Waals surface area contributed by atoms with Crippen molar-refractivity contribution in [2.24, 2.45) is 0 Å². The lowest BCUT2D eigenvalue weighted by Crippen LogP contribution is -2.21. The van der Waals surface area contributed by atoms with Crippen LogP contribution in [0.2, 0.25) is 0 Å². The summed E-state index contributed by atoms with van der Waals surface area (Å²) in [5.74, 6) is 0. The Morgan fingerprint density at radius 1 is 1.28 bits per heavy atom. The third-order valence-electron chi connectivity index (χ3n) is 2.70. The summed E-state index contributed by atoms with van der Waals surface area (Å²) in [5, 5.41) is 3.48. The molecule has 18 heavy (non-hydrogen) atoms. The first kappa shape index (κ1) is 15.6. The molecule has 0 saturated heterocycles. The molecule has 0 amide bonds. The second kappa shape index (κ2) is 9.50. The summed E-state index contributed by atoms with van der Waals surface area (Å²) < 4.78 is 11.4. The third kappa shape index (κ3) is 6.50. The summed E-state index contributed by atoms with van der Waals surface area (Å²) in [7, 11) is 1.69. The van der Waals surface area contributed by atoms with Gasteiger partial charge in [0.05, 0.1) is 13.2 Å². The van der Waals surface area contributed by atoms with Gasteiger partial charge in [0.1, 0.15) is 0 Å². The van der Waals surface area contributed by atoms with Gasteiger partial charge in [-0.25, -0.2) is 0 Å². The van der Waals surface area contributed by atoms with Gasteiger partial charge in [0, 0.05) is 24.2 Å². The molecule has 0 aliphatic heterocycles. The van der Waals surface area contributed by atoms with Gasteiger partial charge in [-0.3, -0.25) is 0 Å². The van der Waals surface area contributed by atoms with Crippen LogP contribution in [-0.2, 0) is 9.47 Å². The number of ether oxygens (including phenoxy) is 2. The second-order valence-corrected chi connectivity index (χ2v) is 5.11. The molecule has 0 aromatic heterocycles. The van der Waals surface area contributed by atoms with Crippen LogP contribution in [0.3, 0.4) is 0 Å². The van der Waals surface area contributed by atoms with E-state index in [-0.39, 0.29) is 0 Å². The van der Waals surface area contributed by atoms with Gasteiger partial charge in [0.25, 0.3) is 0 Å². The minimum atomic E-state index is 0.362. The first-order valence-corrected chi connectivity index (χ1v) is 7.09. The quantitative estimate of drug-likeness (QED) is 0.710. The van der Waals surface area contributed by atoms with Crippen molar-refractivity contribution in [1.29, 1.82) is 0 Å². The largest absolute Gasteiger partial charge is 0.382 e. The number of halogens is 1. The van der Waals surface area contributed by atoms with Gasteiger partial charge in [-0.15, -0.1) is 0 Å². The average molecular weight is 316 g/mol. The molecule has 0 heterocycles. The van der Waals surface area contributed by atoms with Gasteiger partial charge in [0.2, 0.25) is 0 Å². The first-order valence-electron chi connectivity index (χ1n) is 6.29. The van der Waals surface area contributed by atoms with E-state index in [4.69, 9.17) is 9.47 Å². The van der Waals surface area contributed by atoms with E-state index in [2.05, 4.69) is 46.4 Å². The standard InChI is InChI=1S/C14H22BrNO2/c1-12(13-5-3-6-14(15)11-13)16-7-4-8-18-10-9-17-2/h3,5-6,11-12,16H,4,7-10H2,1-2H3/t12-/m1/s1. The van der Waals surface area contributed by atoms with Crippen LogP contribution >= 0.6 is 15.9 Å². The summed E-state index contributed by atoms with van der Waals surface area (Å²) in [4.78, 5) is 0. The van der Waals surface area contributed by atoms with Crippen molar-refractivity contribution in [2.45, 2.75) is 19.4 Å². The van der Waals surface area contributed by atoms with Crippen molar-refractivity contribution >= 4 is 15.9 Å². The van der Waals surface area contributed by atoms with Crippen molar-refractivity contribution in [3.05, 3.63) is 34.3 Å². The smallest absolute Gasteiger partial charge is 0.0700 e. The highest BCUT2D eigenvalue weighted by Crippen LogP contribution is 2.17. The number of benzene rings is 1. The van der Waals surface area contributed by atoms with Crippen molar-refractivity contribution in [2.75, 3.05) is 33.5 Å². The van der Waals surface area contributed by atoms with Gasteiger partial charge in [-0.1, -0.05) is 28.1 Å². The van der Waals surface area contributed by atoms with E-state index >= 15 is 0 Å². The first-order chi connectivity index (χ1) is 8.74. The van der Waals surface area contributed by atoms with E-state index in [0.29, 0.717) is 19.3 Å². The molecule has 1 aromatic rings. The topological polar surface area (TPSA) is 30.5 Å². The minimum Gasteiger partial charge on any atom is -0.382 e. The molecule has 1 aromatic carbocycles. The molecule has 0 bridgehead atoms. The lowest BCUT2D eigenvalue weighted by Gasteiger charge is -2.14. The number of hydrogen-bond donors (Lipinski definition) is 1. The maximum absolute atomic E-state index is 5.41. The highest BCUT2D eigenvalue weighted by molar-refractivity contribution is 9.10. The molecular formula is C14H22BrNO2. The van der Waals surface area contributed by atoms with Crippen LogP contribution in [0.1, 0.15) is 24.9 Å². The van der Waals surface area contributed by atoms with Gasteiger partial charge < -0.3 is 14.8 Å². The fraction of sp³-hybridized carbons (Fsp3) is 0.571. The molecule has 0 radical (unpaired) electrons. The predicted octanol–water partition coefficient (Wildman–Crippen LogP) is 3.15. The van der Waals surface area contributed by atoms with Crippen molar-refractivity contribution in [3.63, 3.8) is 0 Å². The zero-order chi connectivity index (χ0) is 13.2. The Bertz CT molecular complexity index is 333. The molecule has 102 valence electrons. The fourth-order valence-electron chi connectivity index (χ4n) is 1.63. The van der Waals surface area contributed by atoms with E-state index in [1.165, 1.54) is 5.56 Å². The molecule has 0 saturated carbocycles. The minimum absolute atomic E-state index is 0.362. The van der Waals surface area contributed by atoms with E-state index in [0.717, 1.165) is 24.0 Å². The van der Waals surface area contributed by atoms with E-state index < -0.39 is 0 Å². The normalized spacial score (nSPS) is 12.6. The molecule has 0 aliphatic carbocycles. The number of nitrogens with one attached hydrogen (secondary N) is 1. The summed E-state index contributed by atoms with van der Waals surface area (Å²) in [6.07, 6.45) is 1.02. The Balaban J connectivity index is 2.12. The lowest BCUT2D eigenvalue weighted by atomic mass is 10.1. The molecule has 3 nitrogen and oxygen atoms in total. The van der Waals surface area contributed by atoms with Gasteiger partial charge >= 0.3 is 0 Å². The zero-order valence-electron chi connectivity index (χ0n) is 11.1. The maximum atomic E-state index is 5.41. The van der Waals surface area contributed by atoms with E-state index in [9.17, 15) is 0 Å². The van der Waals surface area contributed by atoms with Gasteiger partial charge in [-0.05, 0) is 37.6 Å². The van der Waals surface area contributed by atoms with Crippen molar-refractivity contribution in [3.8, 4) is 0 Å². The molecule has 0 spiro atoms. The summed E-state index contributed by atoms with van der Waals surface area (Å²) in [6.45, 7) is 5.26. The van der Waals surface area contributed by atoms with Crippen LogP contribution in [0, 0.1) is 0 Å². The molecule has 4 heteroatoms.